The SMILES string of the molecule is CC(C)(C)OC(=O)N[C@H]1CCCCC/C=C\[C@@H]2C[C@@]2(C(=O)NOc2ccc(F)cc2)NC(=O)[C@@H]2C[C@@H](OC(=O)N3Cc4cccc(F)c4C3)CN2C1=O. The highest BCUT2D eigenvalue weighted by Gasteiger charge is 2.61. The van der Waals surface area contributed by atoms with Gasteiger partial charge in [-0.3, -0.25) is 19.3 Å². The van der Waals surface area contributed by atoms with E-state index in [-0.39, 0.29) is 50.6 Å². The maximum Gasteiger partial charge on any atom is 0.410 e. The van der Waals surface area contributed by atoms with E-state index in [0.29, 0.717) is 24.0 Å². The van der Waals surface area contributed by atoms with Crippen LogP contribution in [0.25, 0.3) is 0 Å². The fourth-order valence-corrected chi connectivity index (χ4v) is 7.04. The summed E-state index contributed by atoms with van der Waals surface area (Å²) in [4.78, 5) is 76.5. The van der Waals surface area contributed by atoms with Crippen LogP contribution < -0.4 is 21.0 Å². The summed E-state index contributed by atoms with van der Waals surface area (Å²) < 4.78 is 39.1. The molecule has 5 atom stereocenters. The lowest BCUT2D eigenvalue weighted by Gasteiger charge is -2.30. The van der Waals surface area contributed by atoms with E-state index >= 15 is 0 Å². The second kappa shape index (κ2) is 15.4. The van der Waals surface area contributed by atoms with E-state index in [1.165, 1.54) is 40.1 Å². The molecule has 3 heterocycles. The first-order valence-electron chi connectivity index (χ1n) is 18.0. The number of hydrogen-bond donors (Lipinski definition) is 3. The van der Waals surface area contributed by atoms with Gasteiger partial charge < -0.3 is 29.8 Å². The number of rotatable bonds is 5. The molecule has 0 aromatic heterocycles. The van der Waals surface area contributed by atoms with Gasteiger partial charge in [-0.25, -0.2) is 18.4 Å². The standard InChI is InChI=1S/C38H45F2N5O8/c1-37(2,3)52-35(49)41-30-13-8-6-4-5-7-11-24-19-38(24,34(48)43-53-26-16-14-25(39)15-17-26)42-32(46)31-18-27(21-45(31)33(30)47)51-36(50)44-20-23-10-9-12-29(40)28(23)22-44/h7,9-12,14-17,24,27,30-31H,4-6,8,13,18-22H2,1-3H3,(H,41,49)(H,42,46)(H,43,48)/b11-7-/t24-,27-,30+,31+,38-/m1/s1. The average molecular weight is 738 g/mol. The lowest BCUT2D eigenvalue weighted by molar-refractivity contribution is -0.142. The number of fused-ring (bicyclic) bond motifs is 3. The van der Waals surface area contributed by atoms with Crippen LogP contribution >= 0.6 is 0 Å². The highest BCUT2D eigenvalue weighted by Crippen LogP contribution is 2.45. The molecule has 284 valence electrons. The molecule has 0 radical (unpaired) electrons. The first kappa shape index (κ1) is 37.5. The van der Waals surface area contributed by atoms with Crippen LogP contribution in [0.3, 0.4) is 0 Å². The first-order valence-corrected chi connectivity index (χ1v) is 18.0. The van der Waals surface area contributed by atoms with Crippen molar-refractivity contribution in [2.45, 2.75) is 108 Å². The normalized spacial score (nSPS) is 26.4. The van der Waals surface area contributed by atoms with E-state index in [0.717, 1.165) is 12.8 Å². The van der Waals surface area contributed by atoms with Gasteiger partial charge >= 0.3 is 12.2 Å². The predicted octanol–water partition coefficient (Wildman–Crippen LogP) is 4.79. The van der Waals surface area contributed by atoms with Crippen molar-refractivity contribution in [2.75, 3.05) is 6.54 Å². The molecule has 2 fully saturated rings. The van der Waals surface area contributed by atoms with Gasteiger partial charge in [-0.05, 0) is 82.3 Å². The number of benzene rings is 2. The Morgan fingerprint density at radius 3 is 2.51 bits per heavy atom. The summed E-state index contributed by atoms with van der Waals surface area (Å²) in [6.45, 7) is 5.09. The van der Waals surface area contributed by atoms with Crippen LogP contribution in [0.15, 0.2) is 54.6 Å². The van der Waals surface area contributed by atoms with Crippen LogP contribution in [-0.2, 0) is 36.9 Å². The van der Waals surface area contributed by atoms with Crippen molar-refractivity contribution in [2.24, 2.45) is 5.92 Å². The number of hydrogen-bond acceptors (Lipinski definition) is 8. The summed E-state index contributed by atoms with van der Waals surface area (Å²) in [6.07, 6.45) is 4.61. The second-order valence-electron chi connectivity index (χ2n) is 15.0. The van der Waals surface area contributed by atoms with Crippen LogP contribution in [-0.4, -0.2) is 75.6 Å². The minimum atomic E-state index is -1.42. The maximum absolute atomic E-state index is 14.4. The Morgan fingerprint density at radius 2 is 1.77 bits per heavy atom. The molecule has 1 saturated carbocycles. The van der Waals surface area contributed by atoms with E-state index in [9.17, 15) is 32.8 Å². The summed E-state index contributed by atoms with van der Waals surface area (Å²) in [5, 5.41) is 5.55. The number of ether oxygens (including phenoxy) is 2. The number of alkyl carbamates (subject to hydrolysis) is 1. The number of allylic oxidation sites excluding steroid dienone is 1. The minimum absolute atomic E-state index is 0.00846. The maximum atomic E-state index is 14.4. The quantitative estimate of drug-likeness (QED) is 0.293. The van der Waals surface area contributed by atoms with Gasteiger partial charge in [0.25, 0.3) is 5.91 Å². The number of amides is 5. The molecule has 1 saturated heterocycles. The van der Waals surface area contributed by atoms with E-state index in [1.807, 2.05) is 12.2 Å². The van der Waals surface area contributed by atoms with Crippen molar-refractivity contribution in [3.8, 4) is 5.75 Å². The van der Waals surface area contributed by atoms with E-state index in [4.69, 9.17) is 14.3 Å². The van der Waals surface area contributed by atoms with Gasteiger partial charge in [-0.2, -0.15) is 5.48 Å². The molecule has 4 aliphatic rings. The number of nitrogens with zero attached hydrogens (tertiary/aromatic N) is 2. The smallest absolute Gasteiger partial charge is 0.410 e. The molecule has 0 bridgehead atoms. The molecule has 3 N–H and O–H groups in total. The summed E-state index contributed by atoms with van der Waals surface area (Å²) in [5.74, 6) is -2.98. The summed E-state index contributed by atoms with van der Waals surface area (Å²) in [7, 11) is 0. The molecule has 13 nitrogen and oxygen atoms in total. The third-order valence-corrected chi connectivity index (χ3v) is 9.86. The zero-order valence-electron chi connectivity index (χ0n) is 30.0. The molecule has 5 amide bonds. The molecule has 0 spiro atoms. The van der Waals surface area contributed by atoms with Crippen LogP contribution in [0.4, 0.5) is 18.4 Å². The number of nitrogens with one attached hydrogen (secondary N) is 3. The summed E-state index contributed by atoms with van der Waals surface area (Å²) in [5.41, 5.74) is 1.18. The molecule has 3 aliphatic heterocycles. The fraction of sp³-hybridized carbons (Fsp3) is 0.500. The Hall–Kier alpha value is -5.21. The molecular weight excluding hydrogens is 692 g/mol. The zero-order chi connectivity index (χ0) is 37.9. The zero-order valence-corrected chi connectivity index (χ0v) is 30.0. The monoisotopic (exact) mass is 737 g/mol. The molecule has 1 aliphatic carbocycles. The molecule has 0 unspecified atom stereocenters. The Kier molecular flexibility index (Phi) is 10.9. The Balaban J connectivity index is 1.23. The molecule has 53 heavy (non-hydrogen) atoms. The Labute approximate surface area is 306 Å². The third-order valence-electron chi connectivity index (χ3n) is 9.86. The number of halogens is 2. The number of hydroxylamine groups is 1. The van der Waals surface area contributed by atoms with Crippen molar-refractivity contribution < 1.29 is 47.1 Å². The largest absolute Gasteiger partial charge is 0.444 e. The van der Waals surface area contributed by atoms with Gasteiger partial charge in [0.15, 0.2) is 5.75 Å². The van der Waals surface area contributed by atoms with Gasteiger partial charge in [0.2, 0.25) is 11.8 Å². The van der Waals surface area contributed by atoms with Gasteiger partial charge in [0.1, 0.15) is 41.0 Å². The lowest BCUT2D eigenvalue weighted by atomic mass is 10.0. The van der Waals surface area contributed by atoms with Gasteiger partial charge in [-0.1, -0.05) is 37.1 Å². The van der Waals surface area contributed by atoms with E-state index in [2.05, 4.69) is 16.1 Å². The van der Waals surface area contributed by atoms with Crippen LogP contribution in [0, 0.1) is 17.6 Å². The molecule has 2 aromatic carbocycles. The van der Waals surface area contributed by atoms with Gasteiger partial charge in [0, 0.05) is 24.4 Å². The van der Waals surface area contributed by atoms with E-state index < -0.39 is 70.9 Å². The molecule has 15 heteroatoms. The number of carbonyl (C=O) groups excluding carboxylic acids is 5. The van der Waals surface area contributed by atoms with Crippen molar-refractivity contribution in [3.05, 3.63) is 77.4 Å². The predicted molar refractivity (Wildman–Crippen MR) is 186 cm³/mol. The second-order valence-corrected chi connectivity index (χ2v) is 15.0. The van der Waals surface area contributed by atoms with Crippen LogP contribution in [0.2, 0.25) is 0 Å². The highest BCUT2D eigenvalue weighted by molar-refractivity contribution is 5.98. The lowest BCUT2D eigenvalue weighted by Crippen LogP contribution is -2.58. The van der Waals surface area contributed by atoms with Gasteiger partial charge in [0.05, 0.1) is 13.1 Å². The van der Waals surface area contributed by atoms with Crippen molar-refractivity contribution in [1.82, 2.24) is 25.9 Å². The fourth-order valence-electron chi connectivity index (χ4n) is 7.04. The van der Waals surface area contributed by atoms with Crippen molar-refractivity contribution >= 4 is 29.9 Å². The molecular formula is C38H45F2N5O8. The minimum Gasteiger partial charge on any atom is -0.444 e. The average Bonchev–Trinajstić information content (AvgIpc) is 3.39. The van der Waals surface area contributed by atoms with Crippen LogP contribution in [0.5, 0.6) is 5.75 Å². The summed E-state index contributed by atoms with van der Waals surface area (Å²) >= 11 is 0. The molecule has 2 aromatic rings. The number of carbonyl (C=O) groups is 5. The van der Waals surface area contributed by atoms with Crippen molar-refractivity contribution in [1.29, 1.82) is 0 Å². The Bertz CT molecular complexity index is 1770. The molecule has 6 rings (SSSR count). The van der Waals surface area contributed by atoms with Crippen molar-refractivity contribution in [3.63, 3.8) is 0 Å². The third kappa shape index (κ3) is 8.88. The Morgan fingerprint density at radius 1 is 1.00 bits per heavy atom. The summed E-state index contributed by atoms with van der Waals surface area (Å²) in [6, 6.07) is 7.42. The topological polar surface area (TPSA) is 156 Å². The first-order chi connectivity index (χ1) is 25.2. The van der Waals surface area contributed by atoms with E-state index in [1.54, 1.807) is 32.9 Å². The van der Waals surface area contributed by atoms with Crippen LogP contribution in [0.1, 0.15) is 76.8 Å². The van der Waals surface area contributed by atoms with Gasteiger partial charge in [-0.15, -0.1) is 0 Å². The highest BCUT2D eigenvalue weighted by atomic mass is 19.1.